The van der Waals surface area contributed by atoms with Gasteiger partial charge in [0.25, 0.3) is 0 Å². The summed E-state index contributed by atoms with van der Waals surface area (Å²) in [6.07, 6.45) is 6.01. The molecule has 9 nitrogen and oxygen atoms in total. The average Bonchev–Trinajstić information content (AvgIpc) is 3.51. The molecule has 8 rings (SSSR count). The van der Waals surface area contributed by atoms with Crippen LogP contribution in [0.4, 0.5) is 5.82 Å². The second kappa shape index (κ2) is 14.4. The van der Waals surface area contributed by atoms with E-state index in [1.54, 1.807) is 11.3 Å². The van der Waals surface area contributed by atoms with Gasteiger partial charge in [-0.15, -0.1) is 31.7 Å². The lowest BCUT2D eigenvalue weighted by Gasteiger charge is -2.46. The van der Waals surface area contributed by atoms with Crippen molar-refractivity contribution in [2.24, 2.45) is 0 Å². The van der Waals surface area contributed by atoms with Crippen LogP contribution in [0.15, 0.2) is 91.1 Å². The van der Waals surface area contributed by atoms with Crippen LogP contribution < -0.4 is 20.7 Å². The first-order valence-electron chi connectivity index (χ1n) is 18.6. The number of piperidine rings is 2. The largest absolute Gasteiger partial charge is 0.473 e. The van der Waals surface area contributed by atoms with Crippen LogP contribution in [0.1, 0.15) is 81.1 Å². The van der Waals surface area contributed by atoms with Gasteiger partial charge >= 0.3 is 0 Å². The van der Waals surface area contributed by atoms with Crippen LogP contribution in [0.3, 0.4) is 0 Å². The summed E-state index contributed by atoms with van der Waals surface area (Å²) in [7, 11) is 0. The van der Waals surface area contributed by atoms with E-state index in [9.17, 15) is 0 Å². The number of aromatic nitrogens is 5. The molecule has 0 saturated carbocycles. The maximum atomic E-state index is 6.17. The summed E-state index contributed by atoms with van der Waals surface area (Å²) in [4.78, 5) is 5.65. The number of fused-ring (bicyclic) bond motifs is 2. The third-order valence-electron chi connectivity index (χ3n) is 9.85. The number of pyridine rings is 1. The summed E-state index contributed by atoms with van der Waals surface area (Å²) >= 11 is 1.74. The van der Waals surface area contributed by atoms with E-state index in [0.717, 1.165) is 64.2 Å². The predicted octanol–water partition coefficient (Wildman–Crippen LogP) is 9.46. The summed E-state index contributed by atoms with van der Waals surface area (Å²) in [5, 5.41) is 30.9. The molecule has 0 aliphatic carbocycles. The molecule has 53 heavy (non-hydrogen) atoms. The normalized spacial score (nSPS) is 19.3. The van der Waals surface area contributed by atoms with Crippen LogP contribution in [-0.4, -0.2) is 59.7 Å². The lowest BCUT2D eigenvalue weighted by atomic mass is 9.79. The first-order valence-corrected chi connectivity index (χ1v) is 19.4. The highest BCUT2D eigenvalue weighted by molar-refractivity contribution is 7.22. The van der Waals surface area contributed by atoms with Crippen molar-refractivity contribution in [2.45, 2.75) is 115 Å². The minimum absolute atomic E-state index is 0.0524. The van der Waals surface area contributed by atoms with Gasteiger partial charge in [-0.2, -0.15) is 0 Å². The van der Waals surface area contributed by atoms with Gasteiger partial charge in [0.1, 0.15) is 17.6 Å². The summed E-state index contributed by atoms with van der Waals surface area (Å²) < 4.78 is 7.43. The molecule has 2 aliphatic rings. The fraction of sp³-hybridized carbons (Fsp3) is 0.419. The second-order valence-corrected chi connectivity index (χ2v) is 18.4. The fourth-order valence-corrected chi connectivity index (χ4v) is 9.54. The van der Waals surface area contributed by atoms with Crippen LogP contribution in [0.5, 0.6) is 5.88 Å². The minimum atomic E-state index is 0.0524. The maximum absolute atomic E-state index is 6.17. The lowest BCUT2D eigenvalue weighted by molar-refractivity contribution is 0.0524. The number of nitrogens with one attached hydrogen (secondary N) is 3. The highest BCUT2D eigenvalue weighted by Gasteiger charge is 2.39. The van der Waals surface area contributed by atoms with Gasteiger partial charge in [-0.1, -0.05) is 36.4 Å². The van der Waals surface area contributed by atoms with Crippen molar-refractivity contribution in [1.82, 2.24) is 36.0 Å². The number of anilines is 1. The molecule has 2 saturated heterocycles. The van der Waals surface area contributed by atoms with E-state index in [0.29, 0.717) is 11.9 Å². The van der Waals surface area contributed by atoms with E-state index in [-0.39, 0.29) is 28.3 Å². The van der Waals surface area contributed by atoms with Crippen LogP contribution >= 0.6 is 11.3 Å². The Hall–Kier alpha value is -4.51. The van der Waals surface area contributed by atoms with Gasteiger partial charge in [0.2, 0.25) is 5.88 Å². The maximum Gasteiger partial charge on any atom is 0.233 e. The Morgan fingerprint density at radius 3 is 1.91 bits per heavy atom. The Morgan fingerprint density at radius 2 is 1.26 bits per heavy atom. The van der Waals surface area contributed by atoms with Crippen molar-refractivity contribution < 1.29 is 4.74 Å². The van der Waals surface area contributed by atoms with E-state index < -0.39 is 0 Å². The van der Waals surface area contributed by atoms with Gasteiger partial charge in [0.05, 0.1) is 16.1 Å². The smallest absolute Gasteiger partial charge is 0.233 e. The average molecular weight is 729 g/mol. The molecule has 0 atom stereocenters. The fourth-order valence-electron chi connectivity index (χ4n) is 8.51. The van der Waals surface area contributed by atoms with Crippen molar-refractivity contribution in [3.05, 3.63) is 91.1 Å². The van der Waals surface area contributed by atoms with Gasteiger partial charge < -0.3 is 20.7 Å². The summed E-state index contributed by atoms with van der Waals surface area (Å²) in [5.74, 6) is 1.43. The lowest BCUT2D eigenvalue weighted by Crippen LogP contribution is -2.60. The van der Waals surface area contributed by atoms with Gasteiger partial charge in [-0.25, -0.2) is 0 Å². The standard InChI is InChI=1S/C22H27N5.C21H25N3OS/c1-21(2)12-17(13-22(3,4)27-21)24-20-10-9-19(25-26-20)16-11-15-7-5-6-8-18(15)23-14-16;1-20(2)12-15(13-21(3,4)24-20)25-19-10-9-16(22-23-19)18-11-14-7-5-6-8-17(14)26-18/h5-11,14,17,27H,12-13H2,1-4H3,(H,24,26);5-11,15,24H,12-13H2,1-4H3. The van der Waals surface area contributed by atoms with Crippen LogP contribution in [0, 0.1) is 0 Å². The summed E-state index contributed by atoms with van der Waals surface area (Å²) in [6.45, 7) is 17.9. The Kier molecular flexibility index (Phi) is 9.99. The van der Waals surface area contributed by atoms with E-state index in [4.69, 9.17) is 4.74 Å². The van der Waals surface area contributed by atoms with Crippen molar-refractivity contribution >= 4 is 38.1 Å². The van der Waals surface area contributed by atoms with E-state index in [2.05, 4.69) is 139 Å². The molecule has 4 aromatic heterocycles. The number of ether oxygens (including phenoxy) is 1. The van der Waals surface area contributed by atoms with E-state index in [1.807, 2.05) is 48.7 Å². The number of hydrogen-bond acceptors (Lipinski definition) is 10. The van der Waals surface area contributed by atoms with E-state index >= 15 is 0 Å². The van der Waals surface area contributed by atoms with Gasteiger partial charge in [-0.3, -0.25) is 4.98 Å². The molecule has 2 aromatic carbocycles. The first kappa shape index (κ1) is 36.8. The highest BCUT2D eigenvalue weighted by atomic mass is 32.1. The molecule has 0 radical (unpaired) electrons. The minimum Gasteiger partial charge on any atom is -0.473 e. The number of benzene rings is 2. The molecule has 0 spiro atoms. The molecule has 3 N–H and O–H groups in total. The molecule has 6 aromatic rings. The van der Waals surface area contributed by atoms with Crippen molar-refractivity contribution in [2.75, 3.05) is 5.32 Å². The monoisotopic (exact) mass is 728 g/mol. The number of hydrogen-bond donors (Lipinski definition) is 3. The van der Waals surface area contributed by atoms with Gasteiger partial charge in [-0.05, 0) is 116 Å². The Balaban J connectivity index is 0.000000164. The van der Waals surface area contributed by atoms with Crippen molar-refractivity contribution in [3.8, 4) is 27.7 Å². The van der Waals surface area contributed by atoms with Crippen molar-refractivity contribution in [1.29, 1.82) is 0 Å². The molecule has 2 fully saturated rings. The van der Waals surface area contributed by atoms with Gasteiger partial charge in [0.15, 0.2) is 0 Å². The topological polar surface area (TPSA) is 110 Å². The molecule has 6 heterocycles. The van der Waals surface area contributed by atoms with E-state index in [1.165, 1.54) is 10.1 Å². The zero-order valence-corrected chi connectivity index (χ0v) is 33.0. The van der Waals surface area contributed by atoms with Crippen molar-refractivity contribution in [3.63, 3.8) is 0 Å². The highest BCUT2D eigenvalue weighted by Crippen LogP contribution is 2.34. The second-order valence-electron chi connectivity index (χ2n) is 17.3. The van der Waals surface area contributed by atoms with Crippen LogP contribution in [0.2, 0.25) is 0 Å². The number of nitrogens with zero attached hydrogens (tertiary/aromatic N) is 5. The number of rotatable bonds is 6. The molecule has 0 bridgehead atoms. The summed E-state index contributed by atoms with van der Waals surface area (Å²) in [5.41, 5.74) is 4.01. The molecular formula is C43H52N8OS. The third kappa shape index (κ3) is 9.36. The third-order valence-corrected chi connectivity index (χ3v) is 11.0. The Bertz CT molecular complexity index is 2110. The Labute approximate surface area is 317 Å². The zero-order chi connectivity index (χ0) is 37.4. The van der Waals surface area contributed by atoms with Gasteiger partial charge in [0, 0.05) is 69.0 Å². The Morgan fingerprint density at radius 1 is 0.642 bits per heavy atom. The molecule has 0 amide bonds. The number of thiophene rings is 1. The first-order chi connectivity index (χ1) is 25.1. The molecule has 10 heteroatoms. The molecular weight excluding hydrogens is 677 g/mol. The SMILES string of the molecule is CC1(C)CC(Nc2ccc(-c3cnc4ccccc4c3)nn2)CC(C)(C)N1.CC1(C)CC(Oc2ccc(-c3cc4ccccc4s3)nn2)CC(C)(C)N1. The summed E-state index contributed by atoms with van der Waals surface area (Å²) in [6, 6.07) is 29.1. The zero-order valence-electron chi connectivity index (χ0n) is 32.2. The van der Waals surface area contributed by atoms with Crippen LogP contribution in [-0.2, 0) is 0 Å². The molecule has 276 valence electrons. The quantitative estimate of drug-likeness (QED) is 0.155. The molecule has 2 aliphatic heterocycles. The number of para-hydroxylation sites is 1. The van der Waals surface area contributed by atoms with Crippen LogP contribution in [0.25, 0.3) is 42.8 Å². The molecule has 0 unspecified atom stereocenters. The predicted molar refractivity (Wildman–Crippen MR) is 219 cm³/mol.